The number of nitrogens with two attached hydrogens (primary N) is 1. The molecule has 0 aliphatic heterocycles. The summed E-state index contributed by atoms with van der Waals surface area (Å²) in [6.07, 6.45) is 4.32. The lowest BCUT2D eigenvalue weighted by atomic mass is 9.81. The number of nitrogens with one attached hydrogen (secondary N) is 1. The summed E-state index contributed by atoms with van der Waals surface area (Å²) in [5.41, 5.74) is 7.70. The highest BCUT2D eigenvalue weighted by molar-refractivity contribution is 5.81. The molecule has 4 atom stereocenters. The van der Waals surface area contributed by atoms with Gasteiger partial charge in [0.05, 0.1) is 23.9 Å². The Bertz CT molecular complexity index is 959. The van der Waals surface area contributed by atoms with Gasteiger partial charge in [-0.05, 0) is 49.7 Å². The number of carbonyl (C=O) groups excluding carboxylic acids is 1. The second-order valence-corrected chi connectivity index (χ2v) is 11.3. The van der Waals surface area contributed by atoms with Gasteiger partial charge in [-0.15, -0.1) is 0 Å². The number of rotatable bonds is 17. The van der Waals surface area contributed by atoms with Gasteiger partial charge in [0, 0.05) is 43.1 Å². The van der Waals surface area contributed by atoms with Crippen LogP contribution in [0.4, 0.5) is 0 Å². The summed E-state index contributed by atoms with van der Waals surface area (Å²) in [6.45, 7) is 14.3. The zero-order valence-corrected chi connectivity index (χ0v) is 23.7. The Hall–Kier alpha value is -2.00. The third-order valence-corrected chi connectivity index (χ3v) is 7.42. The molecule has 1 heterocycles. The molecule has 0 aliphatic carbocycles. The van der Waals surface area contributed by atoms with Gasteiger partial charge in [-0.2, -0.15) is 5.10 Å². The van der Waals surface area contributed by atoms with Crippen LogP contribution in [0.15, 0.2) is 24.4 Å². The molecule has 8 nitrogen and oxygen atoms in total. The van der Waals surface area contributed by atoms with Crippen molar-refractivity contribution in [1.29, 1.82) is 0 Å². The van der Waals surface area contributed by atoms with Crippen LogP contribution in [0.5, 0.6) is 0 Å². The van der Waals surface area contributed by atoms with Crippen LogP contribution in [0.2, 0.25) is 0 Å². The van der Waals surface area contributed by atoms with Crippen LogP contribution in [-0.4, -0.2) is 57.8 Å². The van der Waals surface area contributed by atoms with Crippen LogP contribution < -0.4 is 11.1 Å². The molecule has 0 spiro atoms. The highest BCUT2D eigenvalue weighted by atomic mass is 16.5. The maximum Gasteiger partial charge on any atom is 0.225 e. The van der Waals surface area contributed by atoms with Crippen molar-refractivity contribution >= 4 is 16.8 Å². The normalized spacial score (nSPS) is 15.6. The minimum Gasteiger partial charge on any atom is -0.390 e. The quantitative estimate of drug-likeness (QED) is 0.233. The number of ether oxygens (including phenoxy) is 1. The summed E-state index contributed by atoms with van der Waals surface area (Å²) < 4.78 is 7.40. The first kappa shape index (κ1) is 31.2. The molecule has 0 saturated heterocycles. The van der Waals surface area contributed by atoms with Crippen molar-refractivity contribution in [3.05, 3.63) is 30.0 Å². The molecule has 1 aromatic carbocycles. The average Bonchev–Trinajstić information content (AvgIpc) is 3.28. The predicted molar refractivity (Wildman–Crippen MR) is 149 cm³/mol. The number of fused-ring (bicyclic) bond motifs is 1. The minimum absolute atomic E-state index is 0.0705. The van der Waals surface area contributed by atoms with E-state index in [1.54, 1.807) is 0 Å². The maximum absolute atomic E-state index is 12.6. The van der Waals surface area contributed by atoms with Gasteiger partial charge in [0.2, 0.25) is 5.91 Å². The van der Waals surface area contributed by atoms with Gasteiger partial charge in [0.25, 0.3) is 0 Å². The fourth-order valence-electron chi connectivity index (χ4n) is 4.71. The number of aryl methyl sites for hydroxylation is 1. The highest BCUT2D eigenvalue weighted by Gasteiger charge is 2.31. The smallest absolute Gasteiger partial charge is 0.225 e. The number of aromatic nitrogens is 2. The lowest BCUT2D eigenvalue weighted by Gasteiger charge is -2.31. The molecule has 0 aliphatic rings. The Kier molecular flexibility index (Phi) is 12.5. The summed E-state index contributed by atoms with van der Waals surface area (Å²) in [6, 6.07) is 5.36. The number of benzene rings is 1. The third-order valence-electron chi connectivity index (χ3n) is 7.42. The largest absolute Gasteiger partial charge is 0.390 e. The number of hydrogen-bond acceptors (Lipinski definition) is 6. The highest BCUT2D eigenvalue weighted by Crippen LogP contribution is 2.33. The Labute approximate surface area is 223 Å². The van der Waals surface area contributed by atoms with E-state index >= 15 is 0 Å². The Morgan fingerprint density at radius 1 is 1.22 bits per heavy atom. The minimum atomic E-state index is -0.895. The van der Waals surface area contributed by atoms with Gasteiger partial charge >= 0.3 is 0 Å². The number of carbonyl (C=O) groups is 1. The number of amides is 1. The van der Waals surface area contributed by atoms with Gasteiger partial charge < -0.3 is 26.0 Å². The molecular formula is C29H50N4O4. The number of aliphatic hydroxyl groups is 2. The van der Waals surface area contributed by atoms with E-state index in [0.29, 0.717) is 19.6 Å². The van der Waals surface area contributed by atoms with E-state index in [-0.39, 0.29) is 24.3 Å². The van der Waals surface area contributed by atoms with Gasteiger partial charge in [-0.1, -0.05) is 59.6 Å². The summed E-state index contributed by atoms with van der Waals surface area (Å²) in [7, 11) is 0. The Morgan fingerprint density at radius 2 is 1.95 bits per heavy atom. The zero-order valence-electron chi connectivity index (χ0n) is 23.7. The van der Waals surface area contributed by atoms with Crippen molar-refractivity contribution in [3.63, 3.8) is 0 Å². The summed E-state index contributed by atoms with van der Waals surface area (Å²) in [5, 5.41) is 30.5. The number of hydrogen-bond donors (Lipinski definition) is 4. The van der Waals surface area contributed by atoms with Crippen LogP contribution in [0.25, 0.3) is 10.9 Å². The monoisotopic (exact) mass is 518 g/mol. The molecule has 8 heteroatoms. The van der Waals surface area contributed by atoms with Crippen molar-refractivity contribution < 1.29 is 19.7 Å². The van der Waals surface area contributed by atoms with Crippen molar-refractivity contribution in [2.75, 3.05) is 19.8 Å². The van der Waals surface area contributed by atoms with Crippen molar-refractivity contribution in [3.8, 4) is 0 Å². The SMILES string of the molecule is CCCCC(C)(C)C(=O)NCC(O)[C@@H](N)C[C@@H](C(C)C)C(O)c1ccc2cnn(CCCOCC)c2c1. The third kappa shape index (κ3) is 9.06. The van der Waals surface area contributed by atoms with E-state index in [2.05, 4.69) is 31.2 Å². The first-order valence-corrected chi connectivity index (χ1v) is 13.9. The molecule has 0 bridgehead atoms. The Balaban J connectivity index is 2.04. The summed E-state index contributed by atoms with van der Waals surface area (Å²) in [4.78, 5) is 12.6. The van der Waals surface area contributed by atoms with E-state index in [4.69, 9.17) is 10.5 Å². The molecule has 1 amide bonds. The Morgan fingerprint density at radius 3 is 2.59 bits per heavy atom. The fourth-order valence-corrected chi connectivity index (χ4v) is 4.71. The van der Waals surface area contributed by atoms with Crippen molar-refractivity contribution in [1.82, 2.24) is 15.1 Å². The fraction of sp³-hybridized carbons (Fsp3) is 0.724. The van der Waals surface area contributed by atoms with Gasteiger partial charge in [0.15, 0.2) is 0 Å². The lowest BCUT2D eigenvalue weighted by molar-refractivity contribution is -0.130. The summed E-state index contributed by atoms with van der Waals surface area (Å²) in [5.74, 6) is -0.0884. The van der Waals surface area contributed by atoms with E-state index in [1.807, 2.05) is 49.8 Å². The van der Waals surface area contributed by atoms with Gasteiger partial charge in [-0.3, -0.25) is 9.48 Å². The van der Waals surface area contributed by atoms with E-state index in [9.17, 15) is 15.0 Å². The van der Waals surface area contributed by atoms with Crippen LogP contribution in [0.1, 0.15) is 85.3 Å². The zero-order chi connectivity index (χ0) is 27.6. The molecule has 210 valence electrons. The molecular weight excluding hydrogens is 468 g/mol. The molecule has 2 unspecified atom stereocenters. The number of aliphatic hydroxyl groups excluding tert-OH is 2. The predicted octanol–water partition coefficient (Wildman–Crippen LogP) is 4.18. The van der Waals surface area contributed by atoms with E-state index in [1.165, 1.54) is 0 Å². The van der Waals surface area contributed by atoms with Gasteiger partial charge in [-0.25, -0.2) is 0 Å². The molecule has 5 N–H and O–H groups in total. The molecule has 2 aromatic rings. The molecule has 37 heavy (non-hydrogen) atoms. The second kappa shape index (κ2) is 14.8. The first-order chi connectivity index (χ1) is 17.5. The topological polar surface area (TPSA) is 123 Å². The van der Waals surface area contributed by atoms with Crippen LogP contribution in [-0.2, 0) is 16.1 Å². The molecule has 0 fully saturated rings. The summed E-state index contributed by atoms with van der Waals surface area (Å²) >= 11 is 0. The first-order valence-electron chi connectivity index (χ1n) is 13.9. The lowest BCUT2D eigenvalue weighted by Crippen LogP contribution is -2.47. The average molecular weight is 519 g/mol. The van der Waals surface area contributed by atoms with Crippen LogP contribution >= 0.6 is 0 Å². The van der Waals surface area contributed by atoms with E-state index < -0.39 is 23.7 Å². The molecule has 2 rings (SSSR count). The molecule has 0 saturated carbocycles. The number of nitrogens with zero attached hydrogens (tertiary/aromatic N) is 2. The van der Waals surface area contributed by atoms with Gasteiger partial charge in [0.1, 0.15) is 0 Å². The standard InChI is InChI=1S/C29H50N4O4/c1-7-9-13-29(5,6)28(36)31-19-26(34)24(30)17-23(20(3)4)27(35)21-11-12-22-18-32-33(25(22)16-21)14-10-15-37-8-2/h11-12,16,18,20,23-24,26-27,34-35H,7-10,13-15,17,19,30H2,1-6H3,(H,31,36)/t23-,24-,26?,27?/m0/s1. The maximum atomic E-state index is 12.6. The van der Waals surface area contributed by atoms with Crippen LogP contribution in [0.3, 0.4) is 0 Å². The van der Waals surface area contributed by atoms with Crippen LogP contribution in [0, 0.1) is 17.3 Å². The molecule has 1 aromatic heterocycles. The molecule has 0 radical (unpaired) electrons. The second-order valence-electron chi connectivity index (χ2n) is 11.3. The van der Waals surface area contributed by atoms with Crippen molar-refractivity contribution in [2.24, 2.45) is 23.0 Å². The number of unbranched alkanes of at least 4 members (excludes halogenated alkanes) is 1. The van der Waals surface area contributed by atoms with Crippen molar-refractivity contribution in [2.45, 2.75) is 98.4 Å². The van der Waals surface area contributed by atoms with E-state index in [0.717, 1.165) is 48.7 Å².